The maximum Gasteiger partial charge on any atom is 0.415 e. The summed E-state index contributed by atoms with van der Waals surface area (Å²) in [5, 5.41) is 12.8. The van der Waals surface area contributed by atoms with Crippen LogP contribution in [0.1, 0.15) is 159 Å². The molecule has 1 aromatic heterocycles. The molecule has 0 aliphatic heterocycles. The highest BCUT2D eigenvalue weighted by molar-refractivity contribution is 7.93. The number of fused-ring (bicyclic) bond motifs is 1. The number of unbranched alkanes of at least 4 members (excludes halogenated alkanes) is 12. The lowest BCUT2D eigenvalue weighted by Crippen LogP contribution is -2.48. The molecule has 1 saturated carbocycles. The molecular weight excluding hydrogens is 1110 g/mol. The standard InChI is InChI=1S/C59H76ClN7O11S3/c1-8-9-10-11-12-13-14-15-16-17-18-19-20-23-41-26-32-49-52(35-41)77-57(63-49)43(39-61)36-42-27-30-47(34-40(42)2)67(46-24-21-22-25-46)58(70)78-54(55(68)59(3,4)5)56(69)62-50-37-45(28-31-48(50)60)65-81(75,76)53-33-29-44(64-79(6,71)72)38-51(53)66-80(7,73)74/h26-38,46,54,64-66H,8-25H2,1-7H3,(H,62,69). The number of hydrogen-bond donors (Lipinski definition) is 4. The van der Waals surface area contributed by atoms with E-state index in [0.717, 1.165) is 68.0 Å². The normalized spacial score (nSPS) is 13.8. The van der Waals surface area contributed by atoms with Crippen molar-refractivity contribution in [1.29, 1.82) is 5.26 Å². The second-order valence-corrected chi connectivity index (χ2v) is 27.5. The molecule has 1 atom stereocenters. The van der Waals surface area contributed by atoms with Gasteiger partial charge >= 0.3 is 6.09 Å². The Balaban J connectivity index is 1.15. The molecule has 0 spiro atoms. The molecule has 0 radical (unpaired) electrons. The highest BCUT2D eigenvalue weighted by Crippen LogP contribution is 2.35. The van der Waals surface area contributed by atoms with E-state index in [0.29, 0.717) is 40.8 Å². The summed E-state index contributed by atoms with van der Waals surface area (Å²) in [5.41, 5.74) is 2.21. The van der Waals surface area contributed by atoms with Crippen molar-refractivity contribution in [3.63, 3.8) is 0 Å². The summed E-state index contributed by atoms with van der Waals surface area (Å²) in [5.74, 6) is -1.66. The Morgan fingerprint density at radius 1 is 0.778 bits per heavy atom. The van der Waals surface area contributed by atoms with Gasteiger partial charge in [0.05, 0.1) is 40.3 Å². The minimum Gasteiger partial charge on any atom is -0.435 e. The average Bonchev–Trinajstić information content (AvgIpc) is 4.10. The number of halogens is 1. The molecule has 1 fully saturated rings. The van der Waals surface area contributed by atoms with Crippen molar-refractivity contribution in [3.8, 4) is 6.07 Å². The molecular formula is C59H76ClN7O11S3. The van der Waals surface area contributed by atoms with Gasteiger partial charge in [0.2, 0.25) is 32.0 Å². The summed E-state index contributed by atoms with van der Waals surface area (Å²) in [6.45, 7) is 8.75. The smallest absolute Gasteiger partial charge is 0.415 e. The number of allylic oxidation sites excluding steroid dienone is 1. The second-order valence-electron chi connectivity index (χ2n) is 22.0. The van der Waals surface area contributed by atoms with Crippen molar-refractivity contribution >= 4 is 111 Å². The number of aromatic nitrogens is 1. The zero-order valence-corrected chi connectivity index (χ0v) is 50.5. The molecule has 1 aliphatic carbocycles. The Kier molecular flexibility index (Phi) is 22.4. The molecule has 1 aliphatic rings. The van der Waals surface area contributed by atoms with Gasteiger partial charge in [0.15, 0.2) is 11.4 Å². The first-order valence-electron chi connectivity index (χ1n) is 27.6. The van der Waals surface area contributed by atoms with E-state index in [-0.39, 0.29) is 39.6 Å². The Labute approximate surface area is 483 Å². The molecule has 0 saturated heterocycles. The molecule has 4 N–H and O–H groups in total. The number of rotatable bonds is 29. The fraction of sp³-hybridized carbons (Fsp3) is 0.475. The molecule has 1 unspecified atom stereocenters. The van der Waals surface area contributed by atoms with Crippen LogP contribution in [0.4, 0.5) is 33.2 Å². The number of nitrogens with one attached hydrogen (secondary N) is 4. The van der Waals surface area contributed by atoms with Crippen molar-refractivity contribution < 1.29 is 48.8 Å². The molecule has 81 heavy (non-hydrogen) atoms. The van der Waals surface area contributed by atoms with Crippen LogP contribution in [0.3, 0.4) is 0 Å². The van der Waals surface area contributed by atoms with E-state index in [4.69, 9.17) is 20.8 Å². The summed E-state index contributed by atoms with van der Waals surface area (Å²) in [6, 6.07) is 19.8. The molecule has 22 heteroatoms. The molecule has 2 amide bonds. The van der Waals surface area contributed by atoms with Gasteiger partial charge < -0.3 is 14.5 Å². The SMILES string of the molecule is CCCCCCCCCCCCCCCc1ccc2nc(C(C#N)=Cc3ccc(N(C(=O)OC(C(=O)Nc4cc(NS(=O)(=O)c5ccc(NS(C)(=O)=O)cc5NS(C)(=O)=O)ccc4Cl)C(=O)C(C)(C)C)C4CCCC4)cc3C)oc2c1. The Morgan fingerprint density at radius 3 is 1.96 bits per heavy atom. The molecule has 5 aromatic rings. The van der Waals surface area contributed by atoms with Crippen LogP contribution in [0.15, 0.2) is 82.1 Å². The summed E-state index contributed by atoms with van der Waals surface area (Å²) in [6.07, 6.45) is 20.9. The van der Waals surface area contributed by atoms with Crippen LogP contribution >= 0.6 is 11.6 Å². The third kappa shape index (κ3) is 19.1. The van der Waals surface area contributed by atoms with E-state index < -0.39 is 70.0 Å². The van der Waals surface area contributed by atoms with Crippen LogP contribution < -0.4 is 24.4 Å². The number of nitrogens with zero attached hydrogens (tertiary/aromatic N) is 3. The number of Topliss-reactive ketones (excluding diaryl/α,β-unsaturated/α-hetero) is 1. The molecule has 1 heterocycles. The van der Waals surface area contributed by atoms with Crippen molar-refractivity contribution in [3.05, 3.63) is 100 Å². The zero-order chi connectivity index (χ0) is 59.1. The largest absolute Gasteiger partial charge is 0.435 e. The number of anilines is 5. The molecule has 6 rings (SSSR count). The van der Waals surface area contributed by atoms with Gasteiger partial charge in [-0.3, -0.25) is 28.7 Å². The van der Waals surface area contributed by atoms with E-state index >= 15 is 0 Å². The van der Waals surface area contributed by atoms with E-state index in [9.17, 15) is 44.9 Å². The predicted molar refractivity (Wildman–Crippen MR) is 322 cm³/mol. The first kappa shape index (κ1) is 63.7. The first-order valence-corrected chi connectivity index (χ1v) is 33.3. The number of benzene rings is 4. The highest BCUT2D eigenvalue weighted by atomic mass is 35.5. The summed E-state index contributed by atoms with van der Waals surface area (Å²) < 4.78 is 94.4. The Bertz CT molecular complexity index is 3470. The average molecular weight is 1190 g/mol. The lowest BCUT2D eigenvalue weighted by molar-refractivity contribution is -0.142. The quantitative estimate of drug-likeness (QED) is 0.0197. The number of ether oxygens (including phenoxy) is 1. The van der Waals surface area contributed by atoms with Crippen LogP contribution in [0, 0.1) is 23.7 Å². The minimum absolute atomic E-state index is 0.0902. The number of hydrogen-bond acceptors (Lipinski definition) is 13. The van der Waals surface area contributed by atoms with Crippen molar-refractivity contribution in [2.75, 3.05) is 36.9 Å². The second kappa shape index (κ2) is 28.5. The van der Waals surface area contributed by atoms with E-state index in [2.05, 4.69) is 43.5 Å². The minimum atomic E-state index is -4.65. The monoisotopic (exact) mass is 1190 g/mol. The van der Waals surface area contributed by atoms with Gasteiger partial charge in [-0.05, 0) is 116 Å². The van der Waals surface area contributed by atoms with Crippen LogP contribution in [-0.2, 0) is 50.8 Å². The van der Waals surface area contributed by atoms with Gasteiger partial charge in [0.25, 0.3) is 15.9 Å². The summed E-state index contributed by atoms with van der Waals surface area (Å²) >= 11 is 6.51. The van der Waals surface area contributed by atoms with E-state index in [1.54, 1.807) is 45.0 Å². The maximum absolute atomic E-state index is 14.5. The van der Waals surface area contributed by atoms with Crippen LogP contribution in [0.5, 0.6) is 0 Å². The summed E-state index contributed by atoms with van der Waals surface area (Å²) in [7, 11) is -12.6. The molecule has 18 nitrogen and oxygen atoms in total. The predicted octanol–water partition coefficient (Wildman–Crippen LogP) is 13.5. The number of carbonyl (C=O) groups excluding carboxylic acids is 3. The first-order chi connectivity index (χ1) is 38.2. The van der Waals surface area contributed by atoms with Crippen LogP contribution in [0.25, 0.3) is 22.7 Å². The van der Waals surface area contributed by atoms with Crippen LogP contribution in [-0.4, -0.2) is 72.7 Å². The van der Waals surface area contributed by atoms with Gasteiger partial charge in [-0.15, -0.1) is 0 Å². The Morgan fingerprint density at radius 2 is 1.37 bits per heavy atom. The molecule has 438 valence electrons. The fourth-order valence-corrected chi connectivity index (χ4v) is 12.2. The topological polar surface area (TPSA) is 264 Å². The summed E-state index contributed by atoms with van der Waals surface area (Å²) in [4.78, 5) is 48.4. The lowest BCUT2D eigenvalue weighted by atomic mass is 9.87. The van der Waals surface area contributed by atoms with Gasteiger partial charge in [0, 0.05) is 17.1 Å². The van der Waals surface area contributed by atoms with Crippen molar-refractivity contribution in [2.45, 2.75) is 167 Å². The van der Waals surface area contributed by atoms with Gasteiger partial charge in [0.1, 0.15) is 22.1 Å². The number of carbonyl (C=O) groups is 3. The molecule has 4 aromatic carbocycles. The lowest BCUT2D eigenvalue weighted by Gasteiger charge is -2.31. The highest BCUT2D eigenvalue weighted by Gasteiger charge is 2.41. The fourth-order valence-electron chi connectivity index (χ4n) is 9.67. The van der Waals surface area contributed by atoms with E-state index in [1.165, 1.54) is 94.1 Å². The molecule has 0 bridgehead atoms. The number of aryl methyl sites for hydroxylation is 2. The van der Waals surface area contributed by atoms with Gasteiger partial charge in [-0.25, -0.2) is 35.0 Å². The third-order valence-electron chi connectivity index (χ3n) is 13.9. The Hall–Kier alpha value is -6.47. The van der Waals surface area contributed by atoms with Crippen molar-refractivity contribution in [2.24, 2.45) is 5.41 Å². The van der Waals surface area contributed by atoms with Crippen LogP contribution in [0.2, 0.25) is 5.02 Å². The van der Waals surface area contributed by atoms with Gasteiger partial charge in [-0.2, -0.15) is 5.26 Å². The van der Waals surface area contributed by atoms with E-state index in [1.807, 2.05) is 19.1 Å². The third-order valence-corrected chi connectivity index (χ3v) is 16.8. The zero-order valence-electron chi connectivity index (χ0n) is 47.3. The number of amides is 2. The number of sulfonamides is 3. The van der Waals surface area contributed by atoms with Gasteiger partial charge in [-0.1, -0.05) is 141 Å². The van der Waals surface area contributed by atoms with Crippen molar-refractivity contribution in [1.82, 2.24) is 4.98 Å². The number of ketones is 1. The maximum atomic E-state index is 14.5. The number of nitriles is 1. The number of oxazole rings is 1.